The second kappa shape index (κ2) is 13.2. The van der Waals surface area contributed by atoms with Crippen LogP contribution in [0.4, 0.5) is 0 Å². The van der Waals surface area contributed by atoms with Crippen LogP contribution in [-0.2, 0) is 9.47 Å². The minimum absolute atomic E-state index is 0.207. The molecular weight excluding hydrogens is 397 g/mol. The summed E-state index contributed by atoms with van der Waals surface area (Å²) in [7, 11) is 2.76. The third-order valence-electron chi connectivity index (χ3n) is 4.56. The average Bonchev–Trinajstić information content (AvgIpc) is 2.55. The molecule has 8 heteroatoms. The molecule has 4 N–H and O–H groups in total. The van der Waals surface area contributed by atoms with E-state index in [-0.39, 0.29) is 11.2 Å². The van der Waals surface area contributed by atoms with Crippen molar-refractivity contribution in [1.29, 1.82) is 0 Å². The maximum Gasteiger partial charge on any atom is 0.0748 e. The van der Waals surface area contributed by atoms with Crippen LogP contribution in [0, 0.1) is 0 Å². The van der Waals surface area contributed by atoms with Gasteiger partial charge in [0.25, 0.3) is 0 Å². The molecule has 0 fully saturated rings. The van der Waals surface area contributed by atoms with Crippen LogP contribution in [-0.4, -0.2) is 64.8 Å². The molecule has 2 atom stereocenters. The molecule has 0 aromatic carbocycles. The van der Waals surface area contributed by atoms with Gasteiger partial charge in [0, 0.05) is 53.6 Å². The zero-order valence-corrected chi connectivity index (χ0v) is 22.3. The molecule has 158 valence electrons. The van der Waals surface area contributed by atoms with Crippen LogP contribution in [0.3, 0.4) is 0 Å². The summed E-state index contributed by atoms with van der Waals surface area (Å²) in [5.74, 6) is 0. The lowest BCUT2D eigenvalue weighted by atomic mass is 10.1. The topological polar surface area (TPSA) is 70.5 Å². The number of nitrogens with two attached hydrogens (primary N) is 2. The first-order chi connectivity index (χ1) is 11.9. The van der Waals surface area contributed by atoms with Gasteiger partial charge in [0.05, 0.1) is 11.2 Å². The molecule has 0 radical (unpaired) electrons. The Bertz CT molecular complexity index is 339. The Morgan fingerprint density at radius 3 is 1.27 bits per heavy atom. The van der Waals surface area contributed by atoms with E-state index in [1.807, 2.05) is 0 Å². The maximum absolute atomic E-state index is 5.98. The van der Waals surface area contributed by atoms with Gasteiger partial charge < -0.3 is 20.9 Å². The minimum atomic E-state index is -0.731. The summed E-state index contributed by atoms with van der Waals surface area (Å²) in [5, 5.41) is 0. The monoisotopic (exact) mass is 440 g/mol. The first-order valence-corrected chi connectivity index (χ1v) is 18.2. The number of ether oxygens (including phenoxy) is 2. The third kappa shape index (κ3) is 12.4. The molecule has 0 heterocycles. The summed E-state index contributed by atoms with van der Waals surface area (Å²) in [5.41, 5.74) is 11.1. The summed E-state index contributed by atoms with van der Waals surface area (Å²) in [6.45, 7) is 20.8. The van der Waals surface area contributed by atoms with Crippen LogP contribution in [0.25, 0.3) is 0 Å². The summed E-state index contributed by atoms with van der Waals surface area (Å²) in [6, 6.07) is 0. The standard InChI is InChI=1S/C18H44N2O2S2Si2/c1-17(2,13-19)21-11-9-15(25(5)6)23-24-16(26(7)8)10-12-22-18(3,4)14-20/h15-16,25-26H,9-14,19-20H2,1-8H3. The summed E-state index contributed by atoms with van der Waals surface area (Å²) in [6.07, 6.45) is 2.27. The highest BCUT2D eigenvalue weighted by molar-refractivity contribution is 8.77. The fourth-order valence-electron chi connectivity index (χ4n) is 2.15. The summed E-state index contributed by atoms with van der Waals surface area (Å²) >= 11 is 0. The molecule has 0 aromatic heterocycles. The lowest BCUT2D eigenvalue weighted by Crippen LogP contribution is -2.36. The molecular formula is C18H44N2O2S2Si2. The minimum Gasteiger partial charge on any atom is -0.374 e. The number of rotatable bonds is 15. The largest absolute Gasteiger partial charge is 0.374 e. The molecule has 0 spiro atoms. The number of hydrogen-bond donors (Lipinski definition) is 2. The zero-order chi connectivity index (χ0) is 20.4. The van der Waals surface area contributed by atoms with E-state index in [2.05, 4.69) is 75.5 Å². The number of hydrogen-bond acceptors (Lipinski definition) is 6. The van der Waals surface area contributed by atoms with Crippen molar-refractivity contribution in [2.24, 2.45) is 11.5 Å². The second-order valence-corrected chi connectivity index (χ2v) is 19.3. The van der Waals surface area contributed by atoms with E-state index >= 15 is 0 Å². The Morgan fingerprint density at radius 1 is 0.731 bits per heavy atom. The van der Waals surface area contributed by atoms with Crippen LogP contribution >= 0.6 is 21.6 Å². The highest BCUT2D eigenvalue weighted by Crippen LogP contribution is 2.36. The Hall–Kier alpha value is 0.974. The lowest BCUT2D eigenvalue weighted by molar-refractivity contribution is -0.0106. The van der Waals surface area contributed by atoms with Crippen molar-refractivity contribution in [3.63, 3.8) is 0 Å². The van der Waals surface area contributed by atoms with Crippen LogP contribution in [0.1, 0.15) is 40.5 Å². The lowest BCUT2D eigenvalue weighted by Gasteiger charge is -2.28. The molecule has 0 aliphatic rings. The van der Waals surface area contributed by atoms with Crippen molar-refractivity contribution >= 4 is 39.2 Å². The third-order valence-corrected chi connectivity index (χ3v) is 16.4. The maximum atomic E-state index is 5.98. The fraction of sp³-hybridized carbons (Fsp3) is 1.00. The van der Waals surface area contributed by atoms with Gasteiger partial charge in [0.15, 0.2) is 0 Å². The molecule has 0 saturated heterocycles. The zero-order valence-electron chi connectivity index (χ0n) is 18.3. The van der Waals surface area contributed by atoms with Crippen molar-refractivity contribution in [3.8, 4) is 0 Å². The van der Waals surface area contributed by atoms with Gasteiger partial charge in [-0.15, -0.1) is 0 Å². The van der Waals surface area contributed by atoms with Crippen LogP contribution < -0.4 is 11.5 Å². The van der Waals surface area contributed by atoms with Gasteiger partial charge in [-0.1, -0.05) is 47.8 Å². The van der Waals surface area contributed by atoms with E-state index in [0.717, 1.165) is 35.8 Å². The molecule has 0 rings (SSSR count). The highest BCUT2D eigenvalue weighted by atomic mass is 33.1. The van der Waals surface area contributed by atoms with Crippen LogP contribution in [0.15, 0.2) is 0 Å². The predicted octanol–water partition coefficient (Wildman–Crippen LogP) is 3.44. The van der Waals surface area contributed by atoms with E-state index in [9.17, 15) is 0 Å². The van der Waals surface area contributed by atoms with Gasteiger partial charge in [-0.25, -0.2) is 0 Å². The van der Waals surface area contributed by atoms with E-state index in [0.29, 0.717) is 13.1 Å². The van der Waals surface area contributed by atoms with Gasteiger partial charge in [-0.2, -0.15) is 0 Å². The summed E-state index contributed by atoms with van der Waals surface area (Å²) < 4.78 is 12.0. The summed E-state index contributed by atoms with van der Waals surface area (Å²) in [4.78, 5) is 1.48. The van der Waals surface area contributed by atoms with E-state index < -0.39 is 17.6 Å². The highest BCUT2D eigenvalue weighted by Gasteiger charge is 2.24. The van der Waals surface area contributed by atoms with E-state index in [1.165, 1.54) is 0 Å². The first kappa shape index (κ1) is 27.0. The van der Waals surface area contributed by atoms with Crippen molar-refractivity contribution in [2.45, 2.75) is 87.7 Å². The Balaban J connectivity index is 4.42. The van der Waals surface area contributed by atoms with Crippen molar-refractivity contribution in [1.82, 2.24) is 0 Å². The Morgan fingerprint density at radius 2 is 1.04 bits per heavy atom. The van der Waals surface area contributed by atoms with Crippen LogP contribution in [0.5, 0.6) is 0 Å². The molecule has 0 aromatic rings. The quantitative estimate of drug-likeness (QED) is 0.300. The Labute approximate surface area is 173 Å². The molecule has 4 nitrogen and oxygen atoms in total. The smallest absolute Gasteiger partial charge is 0.0748 e. The van der Waals surface area contributed by atoms with Crippen LogP contribution in [0.2, 0.25) is 26.2 Å². The van der Waals surface area contributed by atoms with Crippen molar-refractivity contribution in [2.75, 3.05) is 26.3 Å². The molecule has 26 heavy (non-hydrogen) atoms. The normalized spacial score (nSPS) is 15.7. The molecule has 0 aliphatic carbocycles. The van der Waals surface area contributed by atoms with Crippen molar-refractivity contribution < 1.29 is 9.47 Å². The van der Waals surface area contributed by atoms with Gasteiger partial charge in [-0.3, -0.25) is 0 Å². The predicted molar refractivity (Wildman–Crippen MR) is 128 cm³/mol. The molecule has 0 aliphatic heterocycles. The second-order valence-electron chi connectivity index (χ2n) is 8.96. The van der Waals surface area contributed by atoms with Gasteiger partial charge in [0.1, 0.15) is 0 Å². The van der Waals surface area contributed by atoms with Crippen molar-refractivity contribution in [3.05, 3.63) is 0 Å². The average molecular weight is 441 g/mol. The first-order valence-electron chi connectivity index (χ1n) is 9.94. The van der Waals surface area contributed by atoms with Gasteiger partial charge in [0.2, 0.25) is 0 Å². The van der Waals surface area contributed by atoms with Gasteiger partial charge >= 0.3 is 0 Å². The van der Waals surface area contributed by atoms with Gasteiger partial charge in [-0.05, 0) is 40.5 Å². The van der Waals surface area contributed by atoms with E-state index in [4.69, 9.17) is 20.9 Å². The molecule has 0 bridgehead atoms. The SMILES string of the molecule is C[SiH](C)C(CCOC(C)(C)CN)SSC(CCOC(C)(C)CN)[SiH](C)C. The Kier molecular flexibility index (Phi) is 13.7. The molecule has 0 saturated carbocycles. The molecule has 2 unspecified atom stereocenters. The fourth-order valence-corrected chi connectivity index (χ4v) is 12.8. The molecule has 0 amide bonds. The van der Waals surface area contributed by atoms with E-state index in [1.54, 1.807) is 0 Å².